The van der Waals surface area contributed by atoms with Crippen LogP contribution in [0.4, 0.5) is 4.39 Å². The Morgan fingerprint density at radius 1 is 1.15 bits per heavy atom. The molecule has 4 heteroatoms. The second-order valence-corrected chi connectivity index (χ2v) is 4.45. The molecule has 0 amide bonds. The monoisotopic (exact) mass is 269 g/mol. The Kier molecular flexibility index (Phi) is 2.99. The van der Waals surface area contributed by atoms with Gasteiger partial charge in [0.05, 0.1) is 7.11 Å². The van der Waals surface area contributed by atoms with Crippen molar-refractivity contribution in [3.63, 3.8) is 0 Å². The van der Waals surface area contributed by atoms with Crippen LogP contribution >= 0.6 is 0 Å². The number of carbonyl (C=O) groups is 1. The first-order valence-electron chi connectivity index (χ1n) is 6.14. The fourth-order valence-electron chi connectivity index (χ4n) is 2.18. The van der Waals surface area contributed by atoms with E-state index >= 15 is 0 Å². The molecular weight excluding hydrogens is 257 g/mol. The van der Waals surface area contributed by atoms with Gasteiger partial charge in [-0.25, -0.2) is 4.39 Å². The van der Waals surface area contributed by atoms with Crippen molar-refractivity contribution in [2.45, 2.75) is 0 Å². The largest absolute Gasteiger partial charge is 0.497 e. The maximum absolute atomic E-state index is 13.1. The summed E-state index contributed by atoms with van der Waals surface area (Å²) in [7, 11) is 1.57. The summed E-state index contributed by atoms with van der Waals surface area (Å²) in [5.74, 6) is 0.260. The van der Waals surface area contributed by atoms with E-state index in [4.69, 9.17) is 4.74 Å². The van der Waals surface area contributed by atoms with E-state index in [0.29, 0.717) is 27.8 Å². The lowest BCUT2D eigenvalue weighted by Gasteiger charge is -2.02. The molecule has 0 unspecified atom stereocenters. The highest BCUT2D eigenvalue weighted by atomic mass is 19.1. The van der Waals surface area contributed by atoms with Crippen molar-refractivity contribution in [3.05, 3.63) is 65.6 Å². The minimum absolute atomic E-state index is 0.106. The molecule has 0 aliphatic carbocycles. The summed E-state index contributed by atoms with van der Waals surface area (Å²) in [6.07, 6.45) is 1.61. The summed E-state index contributed by atoms with van der Waals surface area (Å²) >= 11 is 0. The van der Waals surface area contributed by atoms with Gasteiger partial charge in [0.15, 0.2) is 5.78 Å². The summed E-state index contributed by atoms with van der Waals surface area (Å²) in [5, 5.41) is 0.715. The van der Waals surface area contributed by atoms with E-state index in [9.17, 15) is 9.18 Å². The number of halogens is 1. The molecule has 1 heterocycles. The first-order chi connectivity index (χ1) is 9.69. The molecule has 2 aromatic carbocycles. The molecule has 1 N–H and O–H groups in total. The van der Waals surface area contributed by atoms with Gasteiger partial charge < -0.3 is 9.72 Å². The molecule has 100 valence electrons. The van der Waals surface area contributed by atoms with Crippen molar-refractivity contribution < 1.29 is 13.9 Å². The van der Waals surface area contributed by atoms with E-state index < -0.39 is 0 Å². The topological polar surface area (TPSA) is 42.1 Å². The van der Waals surface area contributed by atoms with Crippen LogP contribution in [0.15, 0.2) is 48.7 Å². The standard InChI is InChI=1S/C16H12FNO2/c1-20-12-5-2-10(3-6-12)16(19)14-9-18-15-8-11(17)4-7-13(14)15/h2-9,18H,1H3. The lowest BCUT2D eigenvalue weighted by molar-refractivity contribution is 0.104. The molecule has 3 aromatic rings. The molecule has 1 aromatic heterocycles. The molecule has 0 radical (unpaired) electrons. The minimum Gasteiger partial charge on any atom is -0.497 e. The Morgan fingerprint density at radius 2 is 1.90 bits per heavy atom. The van der Waals surface area contributed by atoms with Crippen molar-refractivity contribution in [1.29, 1.82) is 0 Å². The van der Waals surface area contributed by atoms with Crippen molar-refractivity contribution in [1.82, 2.24) is 4.98 Å². The lowest BCUT2D eigenvalue weighted by Crippen LogP contribution is -2.00. The summed E-state index contributed by atoms with van der Waals surface area (Å²) in [4.78, 5) is 15.4. The second kappa shape index (κ2) is 4.81. The van der Waals surface area contributed by atoms with Crippen LogP contribution in [-0.4, -0.2) is 17.9 Å². The molecule has 20 heavy (non-hydrogen) atoms. The Balaban J connectivity index is 2.03. The Bertz CT molecular complexity index is 775. The Morgan fingerprint density at radius 3 is 2.60 bits per heavy atom. The van der Waals surface area contributed by atoms with Crippen LogP contribution in [0, 0.1) is 5.82 Å². The van der Waals surface area contributed by atoms with Crippen LogP contribution in [-0.2, 0) is 0 Å². The highest BCUT2D eigenvalue weighted by Crippen LogP contribution is 2.23. The number of methoxy groups -OCH3 is 1. The molecule has 0 saturated carbocycles. The van der Waals surface area contributed by atoms with Crippen molar-refractivity contribution >= 4 is 16.7 Å². The number of hydrogen-bond acceptors (Lipinski definition) is 2. The van der Waals surface area contributed by atoms with Crippen molar-refractivity contribution in [3.8, 4) is 5.75 Å². The molecular formula is C16H12FNO2. The van der Waals surface area contributed by atoms with Crippen LogP contribution < -0.4 is 4.74 Å². The normalized spacial score (nSPS) is 10.7. The molecule has 3 rings (SSSR count). The summed E-state index contributed by atoms with van der Waals surface area (Å²) in [5.41, 5.74) is 1.71. The zero-order valence-electron chi connectivity index (χ0n) is 10.8. The number of carbonyl (C=O) groups excluding carboxylic acids is 1. The summed E-state index contributed by atoms with van der Waals surface area (Å²) in [6, 6.07) is 11.2. The van der Waals surface area contributed by atoms with Gasteiger partial charge in [0, 0.05) is 28.2 Å². The zero-order valence-corrected chi connectivity index (χ0v) is 10.8. The molecule has 0 atom stereocenters. The fraction of sp³-hybridized carbons (Fsp3) is 0.0625. The SMILES string of the molecule is COc1ccc(C(=O)c2c[nH]c3cc(F)ccc23)cc1. The van der Waals surface area contributed by atoms with E-state index in [1.54, 1.807) is 43.6 Å². The minimum atomic E-state index is -0.331. The average molecular weight is 269 g/mol. The van der Waals surface area contributed by atoms with E-state index in [0.717, 1.165) is 0 Å². The molecule has 0 fully saturated rings. The summed E-state index contributed by atoms with van der Waals surface area (Å²) < 4.78 is 18.2. The van der Waals surface area contributed by atoms with Gasteiger partial charge in [0.25, 0.3) is 0 Å². The average Bonchev–Trinajstić information content (AvgIpc) is 2.89. The van der Waals surface area contributed by atoms with Gasteiger partial charge in [-0.15, -0.1) is 0 Å². The first-order valence-corrected chi connectivity index (χ1v) is 6.14. The number of ether oxygens (including phenoxy) is 1. The maximum Gasteiger partial charge on any atom is 0.195 e. The van der Waals surface area contributed by atoms with Crippen LogP contribution in [0.25, 0.3) is 10.9 Å². The number of ketones is 1. The Hall–Kier alpha value is -2.62. The van der Waals surface area contributed by atoms with Crippen molar-refractivity contribution in [2.24, 2.45) is 0 Å². The molecule has 0 aliphatic heterocycles. The fourth-order valence-corrected chi connectivity index (χ4v) is 2.18. The van der Waals surface area contributed by atoms with E-state index in [1.165, 1.54) is 12.1 Å². The van der Waals surface area contributed by atoms with Gasteiger partial charge in [-0.05, 0) is 42.5 Å². The number of fused-ring (bicyclic) bond motifs is 1. The third-order valence-corrected chi connectivity index (χ3v) is 3.24. The third-order valence-electron chi connectivity index (χ3n) is 3.24. The van der Waals surface area contributed by atoms with Crippen LogP contribution in [0.5, 0.6) is 5.75 Å². The van der Waals surface area contributed by atoms with Gasteiger partial charge in [-0.2, -0.15) is 0 Å². The number of rotatable bonds is 3. The predicted molar refractivity (Wildman–Crippen MR) is 74.7 cm³/mol. The highest BCUT2D eigenvalue weighted by Gasteiger charge is 2.14. The second-order valence-electron chi connectivity index (χ2n) is 4.45. The molecule has 3 nitrogen and oxygen atoms in total. The number of H-pyrrole nitrogens is 1. The van der Waals surface area contributed by atoms with Crippen molar-refractivity contribution in [2.75, 3.05) is 7.11 Å². The number of aromatic nitrogens is 1. The number of aromatic amines is 1. The third kappa shape index (κ3) is 2.05. The van der Waals surface area contributed by atoms with Gasteiger partial charge in [0.2, 0.25) is 0 Å². The molecule has 0 bridgehead atoms. The van der Waals surface area contributed by atoms with Crippen LogP contribution in [0.2, 0.25) is 0 Å². The van der Waals surface area contributed by atoms with Gasteiger partial charge in [-0.1, -0.05) is 0 Å². The van der Waals surface area contributed by atoms with Gasteiger partial charge >= 0.3 is 0 Å². The maximum atomic E-state index is 13.1. The molecule has 0 aliphatic rings. The first kappa shape index (κ1) is 12.4. The van der Waals surface area contributed by atoms with Gasteiger partial charge in [-0.3, -0.25) is 4.79 Å². The predicted octanol–water partition coefficient (Wildman–Crippen LogP) is 3.55. The summed E-state index contributed by atoms with van der Waals surface area (Å²) in [6.45, 7) is 0. The lowest BCUT2D eigenvalue weighted by atomic mass is 10.0. The zero-order chi connectivity index (χ0) is 14.1. The van der Waals surface area contributed by atoms with E-state index in [2.05, 4.69) is 4.98 Å². The number of hydrogen-bond donors (Lipinski definition) is 1. The molecule has 0 spiro atoms. The molecule has 0 saturated heterocycles. The highest BCUT2D eigenvalue weighted by molar-refractivity contribution is 6.16. The van der Waals surface area contributed by atoms with E-state index in [-0.39, 0.29) is 11.6 Å². The van der Waals surface area contributed by atoms with E-state index in [1.807, 2.05) is 0 Å². The number of benzene rings is 2. The smallest absolute Gasteiger partial charge is 0.195 e. The quantitative estimate of drug-likeness (QED) is 0.739. The van der Waals surface area contributed by atoms with Crippen LogP contribution in [0.1, 0.15) is 15.9 Å². The van der Waals surface area contributed by atoms with Gasteiger partial charge in [0.1, 0.15) is 11.6 Å². The van der Waals surface area contributed by atoms with Crippen LogP contribution in [0.3, 0.4) is 0 Å². The Labute approximate surface area is 115 Å². The number of nitrogens with one attached hydrogen (secondary N) is 1.